The Bertz CT molecular complexity index is 852. The number of hydrogen-bond acceptors (Lipinski definition) is 5. The van der Waals surface area contributed by atoms with Crippen LogP contribution in [0.25, 0.3) is 11.3 Å². The molecule has 2 amide bonds. The van der Waals surface area contributed by atoms with E-state index in [1.165, 1.54) is 0 Å². The molecule has 0 aromatic carbocycles. The molecule has 2 aliphatic heterocycles. The standard InChI is InChI=1S/C21H27N5O3/c1-21(6-12-29-13-7-21)23-19(27)16-4-10-26(11-5-16)20(28)18-14-17(24-25-18)15-2-8-22-9-3-15/h2-3,8-9,14,16H,4-7,10-13H2,1H3,(H,23,27)(H,24,25). The van der Waals surface area contributed by atoms with Crippen molar-refractivity contribution in [2.75, 3.05) is 26.3 Å². The molecule has 4 heterocycles. The van der Waals surface area contributed by atoms with Crippen LogP contribution in [0.5, 0.6) is 0 Å². The highest BCUT2D eigenvalue weighted by molar-refractivity contribution is 5.93. The lowest BCUT2D eigenvalue weighted by molar-refractivity contribution is -0.129. The van der Waals surface area contributed by atoms with Crippen molar-refractivity contribution in [3.05, 3.63) is 36.3 Å². The summed E-state index contributed by atoms with van der Waals surface area (Å²) in [4.78, 5) is 31.3. The molecule has 8 heteroatoms. The predicted octanol–water partition coefficient (Wildman–Crippen LogP) is 2.01. The number of hydrogen-bond donors (Lipinski definition) is 2. The summed E-state index contributed by atoms with van der Waals surface area (Å²) < 4.78 is 5.40. The van der Waals surface area contributed by atoms with Gasteiger partial charge in [-0.25, -0.2) is 0 Å². The number of rotatable bonds is 4. The summed E-state index contributed by atoms with van der Waals surface area (Å²) in [6.07, 6.45) is 6.43. The van der Waals surface area contributed by atoms with Gasteiger partial charge in [0.05, 0.1) is 5.69 Å². The first-order valence-corrected chi connectivity index (χ1v) is 10.2. The van der Waals surface area contributed by atoms with Crippen molar-refractivity contribution in [2.24, 2.45) is 5.92 Å². The first-order chi connectivity index (χ1) is 14.0. The number of ether oxygens (including phenoxy) is 1. The van der Waals surface area contributed by atoms with Crippen LogP contribution in [-0.4, -0.2) is 63.7 Å². The van der Waals surface area contributed by atoms with Crippen LogP contribution >= 0.6 is 0 Å². The Hall–Kier alpha value is -2.74. The number of pyridine rings is 1. The number of piperidine rings is 1. The van der Waals surface area contributed by atoms with Crippen LogP contribution in [0.3, 0.4) is 0 Å². The zero-order valence-corrected chi connectivity index (χ0v) is 16.7. The third-order valence-corrected chi connectivity index (χ3v) is 5.96. The van der Waals surface area contributed by atoms with Crippen LogP contribution in [0.4, 0.5) is 0 Å². The van der Waals surface area contributed by atoms with Gasteiger partial charge in [0.1, 0.15) is 0 Å². The molecule has 2 aromatic heterocycles. The molecule has 29 heavy (non-hydrogen) atoms. The molecule has 8 nitrogen and oxygen atoms in total. The number of likely N-dealkylation sites (tertiary alicyclic amines) is 1. The second-order valence-corrected chi connectivity index (χ2v) is 8.13. The van der Waals surface area contributed by atoms with Crippen LogP contribution in [0.15, 0.2) is 30.6 Å². The highest BCUT2D eigenvalue weighted by Gasteiger charge is 2.34. The molecule has 0 atom stereocenters. The molecular formula is C21H27N5O3. The molecule has 0 saturated carbocycles. The summed E-state index contributed by atoms with van der Waals surface area (Å²) in [5, 5.41) is 10.3. The first-order valence-electron chi connectivity index (χ1n) is 10.2. The Morgan fingerprint density at radius 2 is 1.90 bits per heavy atom. The topological polar surface area (TPSA) is 100 Å². The van der Waals surface area contributed by atoms with Crippen LogP contribution in [0.1, 0.15) is 43.1 Å². The maximum Gasteiger partial charge on any atom is 0.274 e. The van der Waals surface area contributed by atoms with Gasteiger partial charge in [-0.2, -0.15) is 5.10 Å². The van der Waals surface area contributed by atoms with Crippen molar-refractivity contribution in [1.29, 1.82) is 0 Å². The van der Waals surface area contributed by atoms with E-state index < -0.39 is 0 Å². The summed E-state index contributed by atoms with van der Waals surface area (Å²) in [6, 6.07) is 5.50. The Kier molecular flexibility index (Phi) is 5.62. The average Bonchev–Trinajstić information content (AvgIpc) is 3.24. The highest BCUT2D eigenvalue weighted by atomic mass is 16.5. The van der Waals surface area contributed by atoms with E-state index in [1.54, 1.807) is 23.4 Å². The number of aromatic amines is 1. The van der Waals surface area contributed by atoms with Crippen molar-refractivity contribution in [2.45, 2.75) is 38.1 Å². The average molecular weight is 397 g/mol. The van der Waals surface area contributed by atoms with E-state index in [0.29, 0.717) is 44.8 Å². The van der Waals surface area contributed by atoms with Crippen molar-refractivity contribution in [3.63, 3.8) is 0 Å². The molecular weight excluding hydrogens is 370 g/mol. The fourth-order valence-corrected chi connectivity index (χ4v) is 3.96. The Morgan fingerprint density at radius 3 is 2.59 bits per heavy atom. The first kappa shape index (κ1) is 19.6. The summed E-state index contributed by atoms with van der Waals surface area (Å²) in [6.45, 7) is 4.59. The minimum absolute atomic E-state index is 0.0507. The number of nitrogens with zero attached hydrogens (tertiary/aromatic N) is 3. The quantitative estimate of drug-likeness (QED) is 0.822. The second kappa shape index (κ2) is 8.32. The van der Waals surface area contributed by atoms with E-state index in [-0.39, 0.29) is 23.3 Å². The van der Waals surface area contributed by atoms with Gasteiger partial charge in [-0.15, -0.1) is 0 Å². The van der Waals surface area contributed by atoms with Crippen LogP contribution in [-0.2, 0) is 9.53 Å². The third kappa shape index (κ3) is 4.48. The highest BCUT2D eigenvalue weighted by Crippen LogP contribution is 2.24. The van der Waals surface area contributed by atoms with Gasteiger partial charge in [-0.05, 0) is 50.8 Å². The lowest BCUT2D eigenvalue weighted by Crippen LogP contribution is -2.53. The van der Waals surface area contributed by atoms with Gasteiger partial charge in [-0.3, -0.25) is 19.7 Å². The van der Waals surface area contributed by atoms with Crippen LogP contribution in [0.2, 0.25) is 0 Å². The summed E-state index contributed by atoms with van der Waals surface area (Å²) >= 11 is 0. The van der Waals surface area contributed by atoms with Crippen LogP contribution in [0, 0.1) is 5.92 Å². The van der Waals surface area contributed by atoms with Gasteiger partial charge in [0.25, 0.3) is 5.91 Å². The number of nitrogens with one attached hydrogen (secondary N) is 2. The SMILES string of the molecule is CC1(NC(=O)C2CCN(C(=O)c3cc(-c4ccncc4)[nH]n3)CC2)CCOCC1. The summed E-state index contributed by atoms with van der Waals surface area (Å²) in [5.41, 5.74) is 1.94. The van der Waals surface area contributed by atoms with Gasteiger partial charge in [0.2, 0.25) is 5.91 Å². The van der Waals surface area contributed by atoms with Gasteiger partial charge < -0.3 is 15.0 Å². The van der Waals surface area contributed by atoms with Crippen molar-refractivity contribution < 1.29 is 14.3 Å². The minimum Gasteiger partial charge on any atom is -0.381 e. The zero-order valence-electron chi connectivity index (χ0n) is 16.7. The number of amides is 2. The molecule has 0 unspecified atom stereocenters. The van der Waals surface area contributed by atoms with E-state index in [9.17, 15) is 9.59 Å². The van der Waals surface area contributed by atoms with E-state index in [4.69, 9.17) is 4.74 Å². The van der Waals surface area contributed by atoms with E-state index in [2.05, 4.69) is 27.4 Å². The van der Waals surface area contributed by atoms with Gasteiger partial charge >= 0.3 is 0 Å². The van der Waals surface area contributed by atoms with Crippen molar-refractivity contribution >= 4 is 11.8 Å². The maximum absolute atomic E-state index is 12.8. The molecule has 0 aliphatic carbocycles. The van der Waals surface area contributed by atoms with Crippen molar-refractivity contribution in [1.82, 2.24) is 25.4 Å². The molecule has 2 saturated heterocycles. The molecule has 0 radical (unpaired) electrons. The molecule has 2 aromatic rings. The number of H-pyrrole nitrogens is 1. The Labute approximate surface area is 170 Å². The number of aromatic nitrogens is 3. The fourth-order valence-electron chi connectivity index (χ4n) is 3.96. The van der Waals surface area contributed by atoms with Gasteiger partial charge in [0.15, 0.2) is 5.69 Å². The Morgan fingerprint density at radius 1 is 1.21 bits per heavy atom. The largest absolute Gasteiger partial charge is 0.381 e. The summed E-state index contributed by atoms with van der Waals surface area (Å²) in [5.74, 6) is -0.0525. The normalized spacial score (nSPS) is 19.7. The second-order valence-electron chi connectivity index (χ2n) is 8.13. The molecule has 0 spiro atoms. The van der Waals surface area contributed by atoms with Crippen molar-refractivity contribution in [3.8, 4) is 11.3 Å². The van der Waals surface area contributed by atoms with Gasteiger partial charge in [-0.1, -0.05) is 0 Å². The summed E-state index contributed by atoms with van der Waals surface area (Å²) in [7, 11) is 0. The molecule has 2 fully saturated rings. The monoisotopic (exact) mass is 397 g/mol. The lowest BCUT2D eigenvalue weighted by Gasteiger charge is -2.37. The van der Waals surface area contributed by atoms with E-state index in [0.717, 1.165) is 24.1 Å². The van der Waals surface area contributed by atoms with E-state index in [1.807, 2.05) is 12.1 Å². The molecule has 2 aliphatic rings. The fraction of sp³-hybridized carbons (Fsp3) is 0.524. The molecule has 2 N–H and O–H groups in total. The molecule has 154 valence electrons. The maximum atomic E-state index is 12.8. The Balaban J connectivity index is 1.32. The lowest BCUT2D eigenvalue weighted by atomic mass is 9.89. The minimum atomic E-state index is -0.180. The van der Waals surface area contributed by atoms with E-state index >= 15 is 0 Å². The van der Waals surface area contributed by atoms with Crippen LogP contribution < -0.4 is 5.32 Å². The number of carbonyl (C=O) groups is 2. The smallest absolute Gasteiger partial charge is 0.274 e. The van der Waals surface area contributed by atoms with Gasteiger partial charge in [0, 0.05) is 55.7 Å². The molecule has 4 rings (SSSR count). The molecule has 0 bridgehead atoms. The third-order valence-electron chi connectivity index (χ3n) is 5.96. The number of carbonyl (C=O) groups excluding carboxylic acids is 2. The predicted molar refractivity (Wildman–Crippen MR) is 107 cm³/mol. The zero-order chi connectivity index (χ0) is 20.3.